The van der Waals surface area contributed by atoms with Crippen LogP contribution in [0.25, 0.3) is 26.9 Å². The van der Waals surface area contributed by atoms with Crippen molar-refractivity contribution in [2.24, 2.45) is 5.92 Å². The fourth-order valence-corrected chi connectivity index (χ4v) is 9.95. The summed E-state index contributed by atoms with van der Waals surface area (Å²) >= 11 is 0. The lowest BCUT2D eigenvalue weighted by atomic mass is 9.88. The van der Waals surface area contributed by atoms with E-state index in [-0.39, 0.29) is 77.8 Å². The number of carbonyl (C=O) groups excluding carboxylic acids is 4. The van der Waals surface area contributed by atoms with E-state index >= 15 is 0 Å². The maximum atomic E-state index is 13.2. The Morgan fingerprint density at radius 1 is 0.523 bits per heavy atom. The predicted molar refractivity (Wildman–Crippen MR) is 354 cm³/mol. The zero-order chi connectivity index (χ0) is 63.1. The third kappa shape index (κ3) is 26.3. The first-order valence-electron chi connectivity index (χ1n) is 29.8. The Morgan fingerprint density at radius 3 is 1.17 bits per heavy atom. The molecule has 0 aliphatic rings. The lowest BCUT2D eigenvalue weighted by molar-refractivity contribution is -0.903. The van der Waals surface area contributed by atoms with Gasteiger partial charge in [0.25, 0.3) is 23.2 Å². The Kier molecular flexibility index (Phi) is 33.9. The van der Waals surface area contributed by atoms with Crippen LogP contribution in [-0.2, 0) is 32.3 Å². The Morgan fingerprint density at radius 2 is 0.875 bits per heavy atom. The molecule has 88 heavy (non-hydrogen) atoms. The second-order valence-electron chi connectivity index (χ2n) is 23.4. The Labute approximate surface area is 538 Å². The number of nitrogens with one attached hydrogen (secondary N) is 4. The summed E-state index contributed by atoms with van der Waals surface area (Å²) in [5, 5.41) is 11.7. The normalized spacial score (nSPS) is 11.2. The molecule has 6 rings (SSSR count). The van der Waals surface area contributed by atoms with Crippen molar-refractivity contribution in [3.8, 4) is 0 Å². The molecule has 0 fully saturated rings. The van der Waals surface area contributed by atoms with E-state index in [4.69, 9.17) is 13.1 Å². The first-order chi connectivity index (χ1) is 41.1. The van der Waals surface area contributed by atoms with Gasteiger partial charge in [-0.1, -0.05) is 203 Å². The number of hydrogen-bond acceptors (Lipinski definition) is 4. The fraction of sp³-hybridized carbons (Fsp3) is 0.324. The summed E-state index contributed by atoms with van der Waals surface area (Å²) in [6.45, 7) is 39.4. The van der Waals surface area contributed by atoms with E-state index < -0.39 is 0 Å². The summed E-state index contributed by atoms with van der Waals surface area (Å²) in [5.41, 5.74) is 9.85. The third-order valence-electron chi connectivity index (χ3n) is 14.4. The molecule has 0 aliphatic heterocycles. The van der Waals surface area contributed by atoms with Gasteiger partial charge in [0.15, 0.2) is 0 Å². The van der Waals surface area contributed by atoms with Gasteiger partial charge >= 0.3 is 0 Å². The quantitative estimate of drug-likeness (QED) is 0.0183. The number of benzene rings is 6. The van der Waals surface area contributed by atoms with Gasteiger partial charge in [-0.25, -0.2) is 9.69 Å². The molecule has 0 bridgehead atoms. The van der Waals surface area contributed by atoms with Crippen molar-refractivity contribution >= 4 is 40.9 Å². The minimum atomic E-state index is -0.343. The Balaban J connectivity index is 0.000000534. The standard InChI is InChI=1S/C38H48N4O2.C30H31N3O.C6H11NO.2ClH/c1-8-31(37(43)41-28(2)3)26-29(4)32-22-20-30(21-23-32)27-42(6,7)25-15-24-40-38(44)36(39-5)35(33-16-11-9-12-17-33)34-18-13-10-14-19-34;1-5-24-17-19-25(20-18-24)23-33(3,4)22-12-21-32-30(34)29(31-2)28(26-13-8-6-9-14-26)27-15-10-7-11-16-27;1-4-6(8)7-5(2)3;;/h9-14,16-23,28-29,31H,8,15,24-27H2,1-4,6-7H3,(H-,40,41,43,44);5-11,13-20H,1,12,21-23H2,3-4H3;4-5H,1H2,2-3H3,(H,7,8);2*1H. The van der Waals surface area contributed by atoms with Crippen LogP contribution in [0.15, 0.2) is 200 Å². The highest BCUT2D eigenvalue weighted by Crippen LogP contribution is 2.30. The molecule has 0 radical (unpaired) electrons. The van der Waals surface area contributed by atoms with Gasteiger partial charge in [-0.2, -0.15) is 0 Å². The number of halogens is 2. The first-order valence-corrected chi connectivity index (χ1v) is 29.8. The third-order valence-corrected chi connectivity index (χ3v) is 14.4. The van der Waals surface area contributed by atoms with Crippen LogP contribution in [0.2, 0.25) is 0 Å². The second-order valence-corrected chi connectivity index (χ2v) is 23.4. The zero-order valence-corrected chi connectivity index (χ0v) is 54.8. The molecule has 466 valence electrons. The predicted octanol–water partition coefficient (Wildman–Crippen LogP) is 7.69. The van der Waals surface area contributed by atoms with Crippen molar-refractivity contribution in [3.05, 3.63) is 268 Å². The smallest absolute Gasteiger partial charge is 0.258 e. The van der Waals surface area contributed by atoms with Gasteiger partial charge in [0.1, 0.15) is 13.1 Å². The van der Waals surface area contributed by atoms with Crippen molar-refractivity contribution in [2.75, 3.05) is 54.4 Å². The van der Waals surface area contributed by atoms with Gasteiger partial charge in [-0.3, -0.25) is 19.2 Å². The molecule has 0 aromatic heterocycles. The average Bonchev–Trinajstić information content (AvgIpc) is 2.28. The highest BCUT2D eigenvalue weighted by atomic mass is 35.5. The fourth-order valence-electron chi connectivity index (χ4n) is 9.95. The molecule has 0 saturated carbocycles. The van der Waals surface area contributed by atoms with Crippen LogP contribution >= 0.6 is 0 Å². The van der Waals surface area contributed by atoms with E-state index in [0.29, 0.717) is 30.2 Å². The van der Waals surface area contributed by atoms with E-state index in [1.54, 1.807) is 0 Å². The number of nitrogens with zero attached hydrogens (tertiary/aromatic N) is 4. The minimum Gasteiger partial charge on any atom is -1.00 e. The summed E-state index contributed by atoms with van der Waals surface area (Å²) in [5.74, 6) is -0.312. The molecule has 2 unspecified atom stereocenters. The van der Waals surface area contributed by atoms with Crippen LogP contribution in [0.1, 0.15) is 118 Å². The molecular weight excluding hydrogens is 1140 g/mol. The molecule has 0 heterocycles. The first kappa shape index (κ1) is 75.7. The monoisotopic (exact) mass is 1230 g/mol. The topological polar surface area (TPSA) is 125 Å². The number of quaternary nitrogens is 2. The van der Waals surface area contributed by atoms with Gasteiger partial charge in [0, 0.05) is 66.2 Å². The van der Waals surface area contributed by atoms with E-state index in [9.17, 15) is 19.2 Å². The molecule has 14 heteroatoms. The van der Waals surface area contributed by atoms with E-state index in [1.165, 1.54) is 22.8 Å². The second kappa shape index (κ2) is 39.4. The highest BCUT2D eigenvalue weighted by molar-refractivity contribution is 6.07. The number of rotatable bonds is 27. The van der Waals surface area contributed by atoms with Crippen molar-refractivity contribution in [3.63, 3.8) is 0 Å². The molecule has 12 nitrogen and oxygen atoms in total. The molecule has 0 saturated heterocycles. The van der Waals surface area contributed by atoms with Crippen molar-refractivity contribution in [2.45, 2.75) is 98.3 Å². The molecule has 0 spiro atoms. The molecule has 0 aliphatic carbocycles. The summed E-state index contributed by atoms with van der Waals surface area (Å²) in [4.78, 5) is 56.5. The summed E-state index contributed by atoms with van der Waals surface area (Å²) < 4.78 is 1.59. The summed E-state index contributed by atoms with van der Waals surface area (Å²) in [7, 11) is 8.78. The van der Waals surface area contributed by atoms with Crippen LogP contribution < -0.4 is 46.1 Å². The number of amides is 4. The van der Waals surface area contributed by atoms with Gasteiger partial charge in [0.2, 0.25) is 11.8 Å². The van der Waals surface area contributed by atoms with Crippen molar-refractivity contribution in [1.82, 2.24) is 21.3 Å². The highest BCUT2D eigenvalue weighted by Gasteiger charge is 2.24. The van der Waals surface area contributed by atoms with Crippen LogP contribution in [0, 0.1) is 19.1 Å². The number of carbonyl (C=O) groups is 4. The average molecular weight is 1230 g/mol. The van der Waals surface area contributed by atoms with Crippen LogP contribution in [0.3, 0.4) is 0 Å². The van der Waals surface area contributed by atoms with Crippen molar-refractivity contribution < 1.29 is 53.0 Å². The lowest BCUT2D eigenvalue weighted by Crippen LogP contribution is -3.00. The summed E-state index contributed by atoms with van der Waals surface area (Å²) in [6.07, 6.45) is 6.40. The Hall–Kier alpha value is -8.36. The van der Waals surface area contributed by atoms with E-state index in [2.05, 4.69) is 135 Å². The Bertz CT molecular complexity index is 3180. The SMILES string of the molecule is C=CC(=O)NC(C)C.[C-]#[N+]C(C(=O)NCCC[N+](C)(C)Cc1ccc(C(C)CC(CC)C(=O)NC(C)C)cc1)=C(c1ccccc1)c1ccccc1.[C-]#[N+]C(C(=O)NCCC[N+](C)(C)Cc1ccc(C=C)cc1)=C(c1ccccc1)c1ccccc1.[Cl-].[Cl-]. The molecule has 4 amide bonds. The van der Waals surface area contributed by atoms with Gasteiger partial charge in [0.05, 0.1) is 54.4 Å². The maximum Gasteiger partial charge on any atom is 0.258 e. The van der Waals surface area contributed by atoms with Gasteiger partial charge in [-0.05, 0) is 85.9 Å². The van der Waals surface area contributed by atoms with Gasteiger partial charge in [-0.15, -0.1) is 0 Å². The van der Waals surface area contributed by atoms with Crippen molar-refractivity contribution in [1.29, 1.82) is 0 Å². The lowest BCUT2D eigenvalue weighted by Gasteiger charge is -2.30. The molecule has 6 aromatic carbocycles. The molecule has 6 aromatic rings. The summed E-state index contributed by atoms with van der Waals surface area (Å²) in [6, 6.07) is 56.1. The van der Waals surface area contributed by atoms with Crippen LogP contribution in [-0.4, -0.2) is 99.0 Å². The number of hydrogen-bond donors (Lipinski definition) is 4. The maximum absolute atomic E-state index is 13.2. The minimum absolute atomic E-state index is 0. The van der Waals surface area contributed by atoms with E-state index in [1.807, 2.05) is 155 Å². The van der Waals surface area contributed by atoms with Crippen LogP contribution in [0.4, 0.5) is 0 Å². The molecule has 4 N–H and O–H groups in total. The molecule has 2 atom stereocenters. The largest absolute Gasteiger partial charge is 1.00 e. The molecular formula is C74H92Cl2N8O4. The van der Waals surface area contributed by atoms with Crippen LogP contribution in [0.5, 0.6) is 0 Å². The van der Waals surface area contributed by atoms with Gasteiger partial charge < -0.3 is 55.0 Å². The van der Waals surface area contributed by atoms with E-state index in [0.717, 1.165) is 88.6 Å². The zero-order valence-electron chi connectivity index (χ0n) is 53.3.